The number of anilines is 1. The molecule has 10 heteroatoms. The molecule has 3 rings (SSSR count). The van der Waals surface area contributed by atoms with Crippen molar-refractivity contribution >= 4 is 56.4 Å². The number of methoxy groups -OCH3 is 1. The van der Waals surface area contributed by atoms with Crippen molar-refractivity contribution in [2.75, 3.05) is 12.4 Å². The predicted octanol–water partition coefficient (Wildman–Crippen LogP) is 5.18. The third-order valence-corrected chi connectivity index (χ3v) is 6.94. The van der Waals surface area contributed by atoms with Crippen LogP contribution in [0.15, 0.2) is 71.6 Å². The quantitative estimate of drug-likeness (QED) is 0.434. The Bertz CT molecular complexity index is 1200. The molecule has 0 radical (unpaired) electrons. The first-order valence-corrected chi connectivity index (χ1v) is 12.0. The van der Waals surface area contributed by atoms with Crippen LogP contribution in [0, 0.1) is 0 Å². The van der Waals surface area contributed by atoms with Crippen LogP contribution in [-0.2, 0) is 21.2 Å². The number of rotatable bonds is 8. The molecule has 0 fully saturated rings. The number of benzene rings is 3. The topological polar surface area (TPSA) is 84.5 Å². The van der Waals surface area contributed by atoms with Crippen molar-refractivity contribution in [2.45, 2.75) is 17.4 Å². The normalized spacial score (nSPS) is 12.2. The molecule has 0 aliphatic rings. The summed E-state index contributed by atoms with van der Waals surface area (Å²) >= 11 is 18.4. The zero-order valence-corrected chi connectivity index (χ0v) is 19.9. The number of sulfonamides is 1. The molecule has 32 heavy (non-hydrogen) atoms. The van der Waals surface area contributed by atoms with Crippen LogP contribution in [0.2, 0.25) is 15.1 Å². The highest BCUT2D eigenvalue weighted by molar-refractivity contribution is 7.89. The van der Waals surface area contributed by atoms with Gasteiger partial charge in [-0.1, -0.05) is 71.2 Å². The van der Waals surface area contributed by atoms with E-state index >= 15 is 0 Å². The van der Waals surface area contributed by atoms with Gasteiger partial charge >= 0.3 is 0 Å². The molecular formula is C22H19Cl3N2O4S. The first kappa shape index (κ1) is 24.4. The average molecular weight is 514 g/mol. The summed E-state index contributed by atoms with van der Waals surface area (Å²) in [5.74, 6) is -0.287. The number of hydrogen-bond donors (Lipinski definition) is 2. The van der Waals surface area contributed by atoms with Crippen molar-refractivity contribution in [1.82, 2.24) is 4.72 Å². The van der Waals surface area contributed by atoms with Gasteiger partial charge in [0.05, 0.1) is 32.8 Å². The molecule has 0 heterocycles. The zero-order chi connectivity index (χ0) is 23.3. The number of para-hydroxylation sites is 1. The maximum atomic E-state index is 13.1. The monoisotopic (exact) mass is 512 g/mol. The van der Waals surface area contributed by atoms with E-state index in [1.807, 2.05) is 6.07 Å². The van der Waals surface area contributed by atoms with Crippen LogP contribution in [-0.4, -0.2) is 27.5 Å². The Balaban J connectivity index is 1.92. The number of ether oxygens (including phenoxy) is 1. The van der Waals surface area contributed by atoms with E-state index < -0.39 is 22.0 Å². The lowest BCUT2D eigenvalue weighted by atomic mass is 10.1. The predicted molar refractivity (Wildman–Crippen MR) is 127 cm³/mol. The Morgan fingerprint density at radius 1 is 0.938 bits per heavy atom. The zero-order valence-electron chi connectivity index (χ0n) is 16.8. The van der Waals surface area contributed by atoms with Gasteiger partial charge in [-0.25, -0.2) is 8.42 Å². The van der Waals surface area contributed by atoms with Crippen LogP contribution in [0.4, 0.5) is 5.69 Å². The molecule has 0 aromatic heterocycles. The number of nitrogens with one attached hydrogen (secondary N) is 2. The molecule has 0 bridgehead atoms. The molecule has 0 aliphatic heterocycles. The standard InChI is InChI=1S/C22H19Cl3N2O4S/c1-31-20-11-10-15(13-18(20)25)32(29,30)27-19(12-14-6-3-2-4-7-14)22(28)26-21-16(23)8-5-9-17(21)24/h2-11,13,19,27H,12H2,1H3,(H,26,28). The molecule has 1 unspecified atom stereocenters. The Kier molecular flexibility index (Phi) is 8.03. The van der Waals surface area contributed by atoms with Crippen LogP contribution in [0.5, 0.6) is 5.75 Å². The molecule has 2 N–H and O–H groups in total. The van der Waals surface area contributed by atoms with E-state index in [4.69, 9.17) is 39.5 Å². The summed E-state index contributed by atoms with van der Waals surface area (Å²) in [6, 6.07) is 16.7. The van der Waals surface area contributed by atoms with Gasteiger partial charge < -0.3 is 10.1 Å². The van der Waals surface area contributed by atoms with Gasteiger partial charge in [0.2, 0.25) is 15.9 Å². The maximum Gasteiger partial charge on any atom is 0.242 e. The minimum atomic E-state index is -4.10. The van der Waals surface area contributed by atoms with Crippen LogP contribution in [0.3, 0.4) is 0 Å². The minimum Gasteiger partial charge on any atom is -0.495 e. The van der Waals surface area contributed by atoms with Crippen molar-refractivity contribution in [3.05, 3.63) is 87.4 Å². The molecule has 3 aromatic rings. The molecule has 1 amide bonds. The van der Waals surface area contributed by atoms with E-state index in [0.717, 1.165) is 5.56 Å². The van der Waals surface area contributed by atoms with Crippen LogP contribution >= 0.6 is 34.8 Å². The van der Waals surface area contributed by atoms with Crippen molar-refractivity contribution in [2.24, 2.45) is 0 Å². The second kappa shape index (κ2) is 10.6. The van der Waals surface area contributed by atoms with E-state index in [1.165, 1.54) is 25.3 Å². The molecule has 0 saturated heterocycles. The first-order chi connectivity index (χ1) is 15.2. The minimum absolute atomic E-state index is 0.0951. The van der Waals surface area contributed by atoms with Crippen LogP contribution in [0.25, 0.3) is 0 Å². The van der Waals surface area contributed by atoms with Gasteiger partial charge in [-0.2, -0.15) is 4.72 Å². The molecule has 0 aliphatic carbocycles. The Hall–Kier alpha value is -2.29. The van der Waals surface area contributed by atoms with Gasteiger partial charge in [-0.05, 0) is 42.3 Å². The van der Waals surface area contributed by atoms with Crippen molar-refractivity contribution in [1.29, 1.82) is 0 Å². The fourth-order valence-corrected chi connectivity index (χ4v) is 4.97. The average Bonchev–Trinajstić information content (AvgIpc) is 2.76. The van der Waals surface area contributed by atoms with E-state index in [0.29, 0.717) is 5.75 Å². The highest BCUT2D eigenvalue weighted by Crippen LogP contribution is 2.30. The van der Waals surface area contributed by atoms with Crippen molar-refractivity contribution in [3.8, 4) is 5.75 Å². The molecular weight excluding hydrogens is 495 g/mol. The van der Waals surface area contributed by atoms with Gasteiger partial charge in [0, 0.05) is 0 Å². The smallest absolute Gasteiger partial charge is 0.242 e. The van der Waals surface area contributed by atoms with E-state index in [-0.39, 0.29) is 32.1 Å². The molecule has 3 aromatic carbocycles. The number of halogens is 3. The van der Waals surface area contributed by atoms with Crippen molar-refractivity contribution < 1.29 is 17.9 Å². The maximum absolute atomic E-state index is 13.1. The Labute approximate surface area is 201 Å². The first-order valence-electron chi connectivity index (χ1n) is 9.36. The Morgan fingerprint density at radius 3 is 2.19 bits per heavy atom. The fraction of sp³-hybridized carbons (Fsp3) is 0.136. The van der Waals surface area contributed by atoms with E-state index in [1.54, 1.807) is 42.5 Å². The van der Waals surface area contributed by atoms with Gasteiger partial charge in [0.25, 0.3) is 0 Å². The SMILES string of the molecule is COc1ccc(S(=O)(=O)NC(Cc2ccccc2)C(=O)Nc2c(Cl)cccc2Cl)cc1Cl. The molecule has 6 nitrogen and oxygen atoms in total. The molecule has 0 saturated carbocycles. The highest BCUT2D eigenvalue weighted by Gasteiger charge is 2.27. The lowest BCUT2D eigenvalue weighted by molar-refractivity contribution is -0.117. The molecule has 0 spiro atoms. The highest BCUT2D eigenvalue weighted by atomic mass is 35.5. The summed E-state index contributed by atoms with van der Waals surface area (Å²) in [7, 11) is -2.68. The summed E-state index contributed by atoms with van der Waals surface area (Å²) < 4.78 is 33.6. The lowest BCUT2D eigenvalue weighted by Crippen LogP contribution is -2.45. The number of amides is 1. The van der Waals surface area contributed by atoms with Gasteiger partial charge in [0.15, 0.2) is 0 Å². The van der Waals surface area contributed by atoms with Crippen molar-refractivity contribution in [3.63, 3.8) is 0 Å². The van der Waals surface area contributed by atoms with E-state index in [9.17, 15) is 13.2 Å². The third kappa shape index (κ3) is 5.94. The number of carbonyl (C=O) groups excluding carboxylic acids is 1. The summed E-state index contributed by atoms with van der Waals surface area (Å²) in [4.78, 5) is 13.0. The van der Waals surface area contributed by atoms with Crippen LogP contribution in [0.1, 0.15) is 5.56 Å². The second-order valence-electron chi connectivity index (χ2n) is 6.75. The Morgan fingerprint density at radius 2 is 1.59 bits per heavy atom. The largest absolute Gasteiger partial charge is 0.495 e. The number of carbonyl (C=O) groups is 1. The summed E-state index contributed by atoms with van der Waals surface area (Å²) in [5.41, 5.74) is 0.957. The summed E-state index contributed by atoms with van der Waals surface area (Å²) in [6.07, 6.45) is 0.0951. The van der Waals surface area contributed by atoms with Gasteiger partial charge in [0.1, 0.15) is 11.8 Å². The van der Waals surface area contributed by atoms with Gasteiger partial charge in [-0.3, -0.25) is 4.79 Å². The fourth-order valence-electron chi connectivity index (χ4n) is 2.93. The van der Waals surface area contributed by atoms with Gasteiger partial charge in [-0.15, -0.1) is 0 Å². The third-order valence-electron chi connectivity index (χ3n) is 4.54. The molecule has 168 valence electrons. The lowest BCUT2D eigenvalue weighted by Gasteiger charge is -2.20. The molecule has 1 atom stereocenters. The van der Waals surface area contributed by atoms with E-state index in [2.05, 4.69) is 10.0 Å². The van der Waals surface area contributed by atoms with Crippen LogP contribution < -0.4 is 14.8 Å². The number of hydrogen-bond acceptors (Lipinski definition) is 4. The summed E-state index contributed by atoms with van der Waals surface area (Å²) in [6.45, 7) is 0. The summed E-state index contributed by atoms with van der Waals surface area (Å²) in [5, 5.41) is 3.22. The second-order valence-corrected chi connectivity index (χ2v) is 9.68.